The maximum atomic E-state index is 13.0. The lowest BCUT2D eigenvalue weighted by molar-refractivity contribution is 0.349. The normalized spacial score (nSPS) is 14.0. The van der Waals surface area contributed by atoms with Gasteiger partial charge in [0.15, 0.2) is 0 Å². The highest BCUT2D eigenvalue weighted by Crippen LogP contribution is 2.31. The van der Waals surface area contributed by atoms with Gasteiger partial charge < -0.3 is 19.4 Å². The molecule has 2 aromatic carbocycles. The average molecular weight is 376 g/mol. The topological polar surface area (TPSA) is 61.2 Å². The predicted molar refractivity (Wildman–Crippen MR) is 102 cm³/mol. The Balaban J connectivity index is 1.37. The molecule has 0 radical (unpaired) electrons. The Bertz CT molecular complexity index is 1110. The van der Waals surface area contributed by atoms with Gasteiger partial charge in [0.2, 0.25) is 5.88 Å². The summed E-state index contributed by atoms with van der Waals surface area (Å²) in [5.41, 5.74) is 1.74. The number of fused-ring (bicyclic) bond motifs is 1. The Hall–Kier alpha value is -3.45. The molecule has 6 nitrogen and oxygen atoms in total. The molecule has 0 bridgehead atoms. The molecule has 5 rings (SSSR count). The fraction of sp³-hybridized carbons (Fsp3) is 0.143. The maximum Gasteiger partial charge on any atom is 0.247 e. The van der Waals surface area contributed by atoms with Crippen LogP contribution in [0.1, 0.15) is 6.04 Å². The van der Waals surface area contributed by atoms with E-state index in [1.807, 2.05) is 24.4 Å². The van der Waals surface area contributed by atoms with Crippen LogP contribution in [-0.4, -0.2) is 27.6 Å². The van der Waals surface area contributed by atoms with Crippen molar-refractivity contribution in [2.75, 3.05) is 13.1 Å². The summed E-state index contributed by atoms with van der Waals surface area (Å²) in [6.07, 6.45) is 3.53. The van der Waals surface area contributed by atoms with Crippen LogP contribution in [0.5, 0.6) is 23.1 Å². The van der Waals surface area contributed by atoms with Gasteiger partial charge in [-0.2, -0.15) is 4.98 Å². The number of nitrogens with zero attached hydrogens (tertiary/aromatic N) is 3. The smallest absolute Gasteiger partial charge is 0.247 e. The van der Waals surface area contributed by atoms with Crippen LogP contribution >= 0.6 is 0 Å². The summed E-state index contributed by atoms with van der Waals surface area (Å²) >= 11 is 0. The van der Waals surface area contributed by atoms with E-state index in [1.165, 1.54) is 18.5 Å². The van der Waals surface area contributed by atoms with E-state index in [0.717, 1.165) is 24.1 Å². The lowest BCUT2D eigenvalue weighted by atomic mass is 10.2. The van der Waals surface area contributed by atoms with Crippen molar-refractivity contribution in [2.45, 2.75) is 6.04 Å². The van der Waals surface area contributed by atoms with Gasteiger partial charge in [-0.15, -0.1) is 0 Å². The van der Waals surface area contributed by atoms with Gasteiger partial charge in [-0.05, 0) is 54.6 Å². The van der Waals surface area contributed by atoms with Crippen molar-refractivity contribution >= 4 is 11.0 Å². The zero-order valence-electron chi connectivity index (χ0n) is 14.9. The molecular formula is C21H17FN4O2. The Labute approximate surface area is 160 Å². The molecule has 1 saturated heterocycles. The monoisotopic (exact) mass is 376 g/mol. The number of nitrogens with one attached hydrogen (secondary N) is 1. The second kappa shape index (κ2) is 6.94. The van der Waals surface area contributed by atoms with Crippen molar-refractivity contribution in [3.8, 4) is 23.1 Å². The van der Waals surface area contributed by atoms with E-state index in [4.69, 9.17) is 9.47 Å². The van der Waals surface area contributed by atoms with E-state index in [-0.39, 0.29) is 5.82 Å². The molecule has 0 amide bonds. The van der Waals surface area contributed by atoms with Gasteiger partial charge >= 0.3 is 0 Å². The van der Waals surface area contributed by atoms with Gasteiger partial charge in [0.25, 0.3) is 0 Å². The second-order valence-electron chi connectivity index (χ2n) is 6.58. The van der Waals surface area contributed by atoms with Gasteiger partial charge in [0, 0.05) is 19.3 Å². The quantitative estimate of drug-likeness (QED) is 0.563. The van der Waals surface area contributed by atoms with Crippen LogP contribution in [0.2, 0.25) is 0 Å². The molecule has 0 spiro atoms. The summed E-state index contributed by atoms with van der Waals surface area (Å²) in [5.74, 6) is 2.07. The molecule has 0 unspecified atom stereocenters. The van der Waals surface area contributed by atoms with Crippen LogP contribution in [0.25, 0.3) is 11.0 Å². The maximum absolute atomic E-state index is 13.0. The first-order valence-electron chi connectivity index (χ1n) is 9.00. The fourth-order valence-corrected chi connectivity index (χ4v) is 3.14. The number of halogens is 1. The number of rotatable bonds is 5. The molecule has 1 fully saturated rings. The third-order valence-electron chi connectivity index (χ3n) is 4.71. The average Bonchev–Trinajstić information content (AvgIpc) is 3.09. The van der Waals surface area contributed by atoms with Crippen molar-refractivity contribution in [1.82, 2.24) is 19.9 Å². The van der Waals surface area contributed by atoms with Crippen molar-refractivity contribution in [3.05, 3.63) is 72.9 Å². The Morgan fingerprint density at radius 1 is 0.857 bits per heavy atom. The fourth-order valence-electron chi connectivity index (χ4n) is 3.14. The summed E-state index contributed by atoms with van der Waals surface area (Å²) in [4.78, 5) is 8.67. The van der Waals surface area contributed by atoms with Crippen LogP contribution < -0.4 is 14.8 Å². The second-order valence-corrected chi connectivity index (χ2v) is 6.58. The van der Waals surface area contributed by atoms with Gasteiger partial charge in [0.1, 0.15) is 34.9 Å². The highest BCUT2D eigenvalue weighted by Gasteiger charge is 2.22. The molecule has 28 heavy (non-hydrogen) atoms. The first kappa shape index (κ1) is 16.7. The van der Waals surface area contributed by atoms with Gasteiger partial charge in [-0.1, -0.05) is 0 Å². The summed E-state index contributed by atoms with van der Waals surface area (Å²) in [5, 5.41) is 3.28. The number of benzene rings is 2. The van der Waals surface area contributed by atoms with E-state index >= 15 is 0 Å². The van der Waals surface area contributed by atoms with Crippen LogP contribution in [0.3, 0.4) is 0 Å². The van der Waals surface area contributed by atoms with Gasteiger partial charge in [-0.25, -0.2) is 9.37 Å². The molecule has 4 aromatic rings. The molecule has 3 heterocycles. The molecular weight excluding hydrogens is 359 g/mol. The zero-order chi connectivity index (χ0) is 18.9. The van der Waals surface area contributed by atoms with E-state index in [1.54, 1.807) is 24.3 Å². The van der Waals surface area contributed by atoms with E-state index in [0.29, 0.717) is 29.2 Å². The number of ether oxygens (including phenoxy) is 2. The van der Waals surface area contributed by atoms with Crippen LogP contribution in [0.15, 0.2) is 67.1 Å². The standard InChI is InChI=1S/C21H17FN4O2/c22-14-1-3-16(4-2-14)27-17-5-7-18(8-6-17)28-21-20-19(24-13-25-21)9-10-26(20)15-11-23-12-15/h1-10,13,15,23H,11-12H2. The molecule has 140 valence electrons. The van der Waals surface area contributed by atoms with E-state index < -0.39 is 0 Å². The minimum absolute atomic E-state index is 0.297. The Morgan fingerprint density at radius 3 is 2.14 bits per heavy atom. The molecule has 1 aliphatic rings. The van der Waals surface area contributed by atoms with Gasteiger partial charge in [0.05, 0.1) is 11.6 Å². The Morgan fingerprint density at radius 2 is 1.50 bits per heavy atom. The van der Waals surface area contributed by atoms with E-state index in [2.05, 4.69) is 19.9 Å². The molecule has 2 aromatic heterocycles. The SMILES string of the molecule is Fc1ccc(Oc2ccc(Oc3ncnc4ccn(C5CNC5)c34)cc2)cc1. The largest absolute Gasteiger partial charge is 0.457 e. The lowest BCUT2D eigenvalue weighted by Crippen LogP contribution is -2.43. The highest BCUT2D eigenvalue weighted by atomic mass is 19.1. The van der Waals surface area contributed by atoms with Gasteiger partial charge in [-0.3, -0.25) is 0 Å². The van der Waals surface area contributed by atoms with Crippen molar-refractivity contribution in [2.24, 2.45) is 0 Å². The third kappa shape index (κ3) is 3.16. The Kier molecular flexibility index (Phi) is 4.14. The predicted octanol–water partition coefficient (Wildman–Crippen LogP) is 4.30. The molecule has 0 saturated carbocycles. The van der Waals surface area contributed by atoms with Crippen LogP contribution in [-0.2, 0) is 0 Å². The van der Waals surface area contributed by atoms with E-state index in [9.17, 15) is 4.39 Å². The van der Waals surface area contributed by atoms with Crippen molar-refractivity contribution < 1.29 is 13.9 Å². The number of hydrogen-bond donors (Lipinski definition) is 1. The first-order valence-corrected chi connectivity index (χ1v) is 9.00. The summed E-state index contributed by atoms with van der Waals surface area (Å²) in [6, 6.07) is 15.5. The van der Waals surface area contributed by atoms with Crippen LogP contribution in [0.4, 0.5) is 4.39 Å². The molecule has 0 atom stereocenters. The summed E-state index contributed by atoms with van der Waals surface area (Å²) in [6.45, 7) is 1.85. The van der Waals surface area contributed by atoms with Crippen molar-refractivity contribution in [1.29, 1.82) is 0 Å². The number of hydrogen-bond acceptors (Lipinski definition) is 5. The molecule has 1 N–H and O–H groups in total. The minimum Gasteiger partial charge on any atom is -0.457 e. The third-order valence-corrected chi connectivity index (χ3v) is 4.71. The first-order chi connectivity index (χ1) is 13.8. The summed E-state index contributed by atoms with van der Waals surface area (Å²) in [7, 11) is 0. The lowest BCUT2D eigenvalue weighted by Gasteiger charge is -2.29. The molecule has 0 aliphatic carbocycles. The highest BCUT2D eigenvalue weighted by molar-refractivity contribution is 5.81. The zero-order valence-corrected chi connectivity index (χ0v) is 14.9. The van der Waals surface area contributed by atoms with Crippen LogP contribution in [0, 0.1) is 5.82 Å². The summed E-state index contributed by atoms with van der Waals surface area (Å²) < 4.78 is 26.9. The molecule has 1 aliphatic heterocycles. The van der Waals surface area contributed by atoms with Crippen molar-refractivity contribution in [3.63, 3.8) is 0 Å². The molecule has 7 heteroatoms. The number of aromatic nitrogens is 3. The minimum atomic E-state index is -0.297.